The van der Waals surface area contributed by atoms with Crippen LogP contribution in [-0.4, -0.2) is 18.6 Å². The molecule has 6 heteroatoms. The van der Waals surface area contributed by atoms with Gasteiger partial charge in [-0.2, -0.15) is 0 Å². The normalized spacial score (nSPS) is 11.7. The Morgan fingerprint density at radius 3 is 2.61 bits per heavy atom. The Morgan fingerprint density at radius 2 is 1.91 bits per heavy atom. The molecule has 2 rings (SSSR count). The van der Waals surface area contributed by atoms with Gasteiger partial charge in [-0.25, -0.2) is 8.78 Å². The van der Waals surface area contributed by atoms with Crippen LogP contribution in [0.5, 0.6) is 11.5 Å². The van der Waals surface area contributed by atoms with E-state index >= 15 is 0 Å². The lowest BCUT2D eigenvalue weighted by molar-refractivity contribution is -0.122. The van der Waals surface area contributed by atoms with Crippen LogP contribution in [-0.2, 0) is 4.79 Å². The largest absolute Gasteiger partial charge is 0.492 e. The average molecular weight is 321 g/mol. The fourth-order valence-corrected chi connectivity index (χ4v) is 1.89. The molecule has 23 heavy (non-hydrogen) atoms. The maximum absolute atomic E-state index is 13.1. The molecular weight excluding hydrogens is 304 g/mol. The van der Waals surface area contributed by atoms with Crippen LogP contribution in [0.25, 0.3) is 0 Å². The van der Waals surface area contributed by atoms with Gasteiger partial charge in [-0.05, 0) is 38.1 Å². The molecule has 1 N–H and O–H groups in total. The van der Waals surface area contributed by atoms with Crippen molar-refractivity contribution in [2.75, 3.05) is 11.9 Å². The summed E-state index contributed by atoms with van der Waals surface area (Å²) in [4.78, 5) is 12.2. The zero-order valence-corrected chi connectivity index (χ0v) is 12.8. The molecule has 4 nitrogen and oxygen atoms in total. The summed E-state index contributed by atoms with van der Waals surface area (Å²) in [6.07, 6.45) is -0.894. The van der Waals surface area contributed by atoms with Crippen LogP contribution in [0.2, 0.25) is 0 Å². The molecule has 0 bridgehead atoms. The van der Waals surface area contributed by atoms with Crippen molar-refractivity contribution in [2.24, 2.45) is 0 Å². The van der Waals surface area contributed by atoms with Gasteiger partial charge in [0.1, 0.15) is 11.5 Å². The summed E-state index contributed by atoms with van der Waals surface area (Å²) < 4.78 is 36.8. The number of anilines is 1. The van der Waals surface area contributed by atoms with Crippen LogP contribution in [0, 0.1) is 11.6 Å². The molecule has 0 saturated carbocycles. The first-order chi connectivity index (χ1) is 11.0. The predicted octanol–water partition coefficient (Wildman–Crippen LogP) is 3.77. The molecule has 1 unspecified atom stereocenters. The van der Waals surface area contributed by atoms with E-state index in [1.54, 1.807) is 24.3 Å². The highest BCUT2D eigenvalue weighted by atomic mass is 19.2. The molecule has 0 aliphatic rings. The van der Waals surface area contributed by atoms with Gasteiger partial charge in [0.15, 0.2) is 17.7 Å². The fourth-order valence-electron chi connectivity index (χ4n) is 1.89. The first-order valence-corrected chi connectivity index (χ1v) is 7.15. The summed E-state index contributed by atoms with van der Waals surface area (Å²) in [7, 11) is 0. The standard InChI is InChI=1S/C17H17F2NO3/c1-3-22-16-7-5-4-6-15(16)20-17(21)11(2)23-12-8-9-13(18)14(19)10-12/h4-11H,3H2,1-2H3,(H,20,21). The maximum atomic E-state index is 13.1. The topological polar surface area (TPSA) is 47.6 Å². The van der Waals surface area contributed by atoms with Gasteiger partial charge in [0.2, 0.25) is 0 Å². The molecule has 0 spiro atoms. The molecule has 0 heterocycles. The summed E-state index contributed by atoms with van der Waals surface area (Å²) in [5, 5.41) is 2.68. The van der Waals surface area contributed by atoms with Crippen LogP contribution in [0.4, 0.5) is 14.5 Å². The number of halogens is 2. The highest BCUT2D eigenvalue weighted by Crippen LogP contribution is 2.24. The van der Waals surface area contributed by atoms with E-state index in [-0.39, 0.29) is 5.75 Å². The lowest BCUT2D eigenvalue weighted by atomic mass is 10.2. The quantitative estimate of drug-likeness (QED) is 0.881. The molecule has 0 radical (unpaired) electrons. The second-order valence-corrected chi connectivity index (χ2v) is 4.75. The molecule has 0 saturated heterocycles. The number of benzene rings is 2. The second-order valence-electron chi connectivity index (χ2n) is 4.75. The molecule has 0 fully saturated rings. The van der Waals surface area contributed by atoms with Crippen molar-refractivity contribution >= 4 is 11.6 Å². The summed E-state index contributed by atoms with van der Waals surface area (Å²) in [5.41, 5.74) is 0.514. The summed E-state index contributed by atoms with van der Waals surface area (Å²) in [6, 6.07) is 10.1. The number of amides is 1. The Balaban J connectivity index is 2.04. The monoisotopic (exact) mass is 321 g/mol. The van der Waals surface area contributed by atoms with Crippen LogP contribution in [0.3, 0.4) is 0 Å². The molecule has 1 atom stereocenters. The van der Waals surface area contributed by atoms with Crippen molar-refractivity contribution in [3.8, 4) is 11.5 Å². The Bertz CT molecular complexity index is 691. The molecule has 0 aliphatic carbocycles. The van der Waals surface area contributed by atoms with E-state index in [2.05, 4.69) is 5.32 Å². The van der Waals surface area contributed by atoms with Crippen molar-refractivity contribution in [3.05, 3.63) is 54.1 Å². The van der Waals surface area contributed by atoms with E-state index in [4.69, 9.17) is 9.47 Å². The minimum atomic E-state index is -1.03. The van der Waals surface area contributed by atoms with Crippen molar-refractivity contribution < 1.29 is 23.0 Å². The number of carbonyl (C=O) groups excluding carboxylic acids is 1. The molecule has 0 aliphatic heterocycles. The second kappa shape index (κ2) is 7.58. The van der Waals surface area contributed by atoms with Gasteiger partial charge in [0.05, 0.1) is 12.3 Å². The van der Waals surface area contributed by atoms with Crippen LogP contribution in [0.15, 0.2) is 42.5 Å². The Hall–Kier alpha value is -2.63. The Morgan fingerprint density at radius 1 is 1.17 bits per heavy atom. The van der Waals surface area contributed by atoms with Gasteiger partial charge in [-0.3, -0.25) is 4.79 Å². The van der Waals surface area contributed by atoms with Crippen LogP contribution in [0.1, 0.15) is 13.8 Å². The van der Waals surface area contributed by atoms with E-state index in [0.717, 1.165) is 12.1 Å². The number of carbonyl (C=O) groups is 1. The smallest absolute Gasteiger partial charge is 0.265 e. The van der Waals surface area contributed by atoms with Crippen molar-refractivity contribution in [1.29, 1.82) is 0 Å². The summed E-state index contributed by atoms with van der Waals surface area (Å²) in [5.74, 6) is -1.81. The zero-order valence-electron chi connectivity index (χ0n) is 12.8. The van der Waals surface area contributed by atoms with Crippen molar-refractivity contribution in [2.45, 2.75) is 20.0 Å². The van der Waals surface area contributed by atoms with Crippen molar-refractivity contribution in [3.63, 3.8) is 0 Å². The predicted molar refractivity (Wildman–Crippen MR) is 82.7 cm³/mol. The van der Waals surface area contributed by atoms with Crippen LogP contribution < -0.4 is 14.8 Å². The number of hydrogen-bond donors (Lipinski definition) is 1. The molecule has 2 aromatic rings. The number of para-hydroxylation sites is 2. The van der Waals surface area contributed by atoms with E-state index in [1.807, 2.05) is 6.92 Å². The fraction of sp³-hybridized carbons (Fsp3) is 0.235. The number of nitrogens with one attached hydrogen (secondary N) is 1. The maximum Gasteiger partial charge on any atom is 0.265 e. The third-order valence-corrected chi connectivity index (χ3v) is 3.02. The molecule has 122 valence electrons. The number of hydrogen-bond acceptors (Lipinski definition) is 3. The van der Waals surface area contributed by atoms with Crippen molar-refractivity contribution in [1.82, 2.24) is 0 Å². The van der Waals surface area contributed by atoms with Crippen LogP contribution >= 0.6 is 0 Å². The molecule has 0 aromatic heterocycles. The third-order valence-electron chi connectivity index (χ3n) is 3.02. The molecular formula is C17H17F2NO3. The van der Waals surface area contributed by atoms with Gasteiger partial charge in [0.25, 0.3) is 5.91 Å². The van der Waals surface area contributed by atoms with Gasteiger partial charge < -0.3 is 14.8 Å². The highest BCUT2D eigenvalue weighted by molar-refractivity contribution is 5.95. The van der Waals surface area contributed by atoms with E-state index in [0.29, 0.717) is 18.0 Å². The molecule has 2 aromatic carbocycles. The van der Waals surface area contributed by atoms with E-state index in [1.165, 1.54) is 13.0 Å². The highest BCUT2D eigenvalue weighted by Gasteiger charge is 2.17. The zero-order chi connectivity index (χ0) is 16.8. The first-order valence-electron chi connectivity index (χ1n) is 7.15. The summed E-state index contributed by atoms with van der Waals surface area (Å²) >= 11 is 0. The lowest BCUT2D eigenvalue weighted by Crippen LogP contribution is -2.30. The van der Waals surface area contributed by atoms with Gasteiger partial charge in [-0.1, -0.05) is 12.1 Å². The summed E-state index contributed by atoms with van der Waals surface area (Å²) in [6.45, 7) is 3.82. The minimum absolute atomic E-state index is 0.0737. The Labute approximate surface area is 133 Å². The number of rotatable bonds is 6. The van der Waals surface area contributed by atoms with Gasteiger partial charge >= 0.3 is 0 Å². The first kappa shape index (κ1) is 16.7. The average Bonchev–Trinajstić information content (AvgIpc) is 2.53. The SMILES string of the molecule is CCOc1ccccc1NC(=O)C(C)Oc1ccc(F)c(F)c1. The van der Waals surface area contributed by atoms with Gasteiger partial charge in [0, 0.05) is 6.07 Å². The lowest BCUT2D eigenvalue weighted by Gasteiger charge is -2.16. The Kier molecular flexibility index (Phi) is 5.51. The molecule has 1 amide bonds. The van der Waals surface area contributed by atoms with E-state index < -0.39 is 23.6 Å². The van der Waals surface area contributed by atoms with E-state index in [9.17, 15) is 13.6 Å². The third kappa shape index (κ3) is 4.42. The van der Waals surface area contributed by atoms with Gasteiger partial charge in [-0.15, -0.1) is 0 Å². The number of ether oxygens (including phenoxy) is 2. The minimum Gasteiger partial charge on any atom is -0.492 e.